The first kappa shape index (κ1) is 8.85. The molecule has 1 heterocycles. The lowest BCUT2D eigenvalue weighted by atomic mass is 10.4. The average Bonchev–Trinajstić information content (AvgIpc) is 1.96. The molecular weight excluding hydrogens is 233 g/mol. The van der Waals surface area contributed by atoms with Gasteiger partial charge in [0.05, 0.1) is 6.20 Å². The summed E-state index contributed by atoms with van der Waals surface area (Å²) in [5.74, 6) is -0.769. The molecule has 0 aromatic carbocycles. The number of aromatic nitrogens is 1. The minimum atomic E-state index is -0.842. The van der Waals surface area contributed by atoms with E-state index in [9.17, 15) is 14.5 Å². The van der Waals surface area contributed by atoms with E-state index in [2.05, 4.69) is 20.9 Å². The molecule has 0 saturated carbocycles. The number of hydrogen-bond donors (Lipinski definition) is 1. The van der Waals surface area contributed by atoms with E-state index in [1.807, 2.05) is 0 Å². The Bertz CT molecular complexity index is 320. The zero-order chi connectivity index (χ0) is 9.14. The van der Waals surface area contributed by atoms with E-state index in [0.717, 1.165) is 6.20 Å². The largest absolute Gasteiger partial charge is 0.246 e. The molecule has 0 bridgehead atoms. The van der Waals surface area contributed by atoms with Gasteiger partial charge in [-0.1, -0.05) is 0 Å². The van der Waals surface area contributed by atoms with Crippen molar-refractivity contribution in [1.82, 2.24) is 4.98 Å². The summed E-state index contributed by atoms with van der Waals surface area (Å²) >= 11 is 2.95. The molecule has 1 rings (SSSR count). The van der Waals surface area contributed by atoms with Crippen LogP contribution in [0.5, 0.6) is 0 Å². The van der Waals surface area contributed by atoms with Crippen LogP contribution < -0.4 is 5.43 Å². The normalized spacial score (nSPS) is 9.50. The van der Waals surface area contributed by atoms with Gasteiger partial charge in [0.25, 0.3) is 0 Å². The summed E-state index contributed by atoms with van der Waals surface area (Å²) in [6, 6.07) is 1.18. The molecule has 0 aliphatic carbocycles. The Kier molecular flexibility index (Phi) is 2.54. The second kappa shape index (κ2) is 3.44. The van der Waals surface area contributed by atoms with Crippen molar-refractivity contribution in [2.45, 2.75) is 0 Å². The van der Waals surface area contributed by atoms with Crippen molar-refractivity contribution >= 4 is 21.6 Å². The van der Waals surface area contributed by atoms with Gasteiger partial charge in [-0.05, 0) is 15.9 Å². The highest BCUT2D eigenvalue weighted by molar-refractivity contribution is 9.10. The van der Waals surface area contributed by atoms with Crippen molar-refractivity contribution in [3.8, 4) is 0 Å². The first-order chi connectivity index (χ1) is 5.59. The number of pyridine rings is 1. The fourth-order valence-electron chi connectivity index (χ4n) is 0.597. The molecule has 1 aromatic rings. The maximum atomic E-state index is 12.7. The molecule has 0 spiro atoms. The van der Waals surface area contributed by atoms with E-state index in [1.165, 1.54) is 6.07 Å². The molecule has 0 radical (unpaired) electrons. The van der Waals surface area contributed by atoms with Gasteiger partial charge in [-0.15, -0.1) is 5.43 Å². The third kappa shape index (κ3) is 2.12. The van der Waals surface area contributed by atoms with Crippen LogP contribution in [-0.2, 0) is 0 Å². The van der Waals surface area contributed by atoms with E-state index in [4.69, 9.17) is 0 Å². The minimum absolute atomic E-state index is 0.220. The van der Waals surface area contributed by atoms with Crippen molar-refractivity contribution in [2.24, 2.45) is 0 Å². The molecule has 0 fully saturated rings. The van der Waals surface area contributed by atoms with Crippen LogP contribution in [0.3, 0.4) is 0 Å². The van der Waals surface area contributed by atoms with Crippen LogP contribution in [0.25, 0.3) is 0 Å². The van der Waals surface area contributed by atoms with Gasteiger partial charge in [0.15, 0.2) is 10.8 Å². The Labute approximate surface area is 74.9 Å². The maximum Gasteiger partial charge on any atom is 0.170 e. The van der Waals surface area contributed by atoms with E-state index in [0.29, 0.717) is 4.60 Å². The predicted molar refractivity (Wildman–Crippen MR) is 42.5 cm³/mol. The second-order valence-corrected chi connectivity index (χ2v) is 2.67. The SMILES string of the molecule is O=[N+]([O-])Nc1cc(Br)ncc1F. The number of hydrogen-bond acceptors (Lipinski definition) is 3. The Morgan fingerprint density at radius 3 is 3.00 bits per heavy atom. The molecule has 0 aliphatic rings. The lowest BCUT2D eigenvalue weighted by Gasteiger charge is -1.98. The van der Waals surface area contributed by atoms with Gasteiger partial charge in [-0.25, -0.2) is 19.5 Å². The molecular formula is C5H3BrFN3O2. The lowest BCUT2D eigenvalue weighted by molar-refractivity contribution is -0.445. The summed E-state index contributed by atoms with van der Waals surface area (Å²) in [5.41, 5.74) is 1.47. The zero-order valence-corrected chi connectivity index (χ0v) is 7.21. The van der Waals surface area contributed by atoms with Crippen LogP contribution in [-0.4, -0.2) is 10.0 Å². The van der Waals surface area contributed by atoms with Crippen molar-refractivity contribution in [1.29, 1.82) is 0 Å². The number of nitrogens with one attached hydrogen (secondary N) is 1. The Morgan fingerprint density at radius 2 is 2.42 bits per heavy atom. The summed E-state index contributed by atoms with van der Waals surface area (Å²) in [7, 11) is 0. The van der Waals surface area contributed by atoms with E-state index >= 15 is 0 Å². The molecule has 0 atom stereocenters. The molecule has 1 N–H and O–H groups in total. The van der Waals surface area contributed by atoms with Crippen LogP contribution in [0.4, 0.5) is 10.1 Å². The number of rotatable bonds is 2. The van der Waals surface area contributed by atoms with Crippen LogP contribution in [0.1, 0.15) is 0 Å². The minimum Gasteiger partial charge on any atom is -0.246 e. The second-order valence-electron chi connectivity index (χ2n) is 1.86. The summed E-state index contributed by atoms with van der Waals surface area (Å²) in [6.45, 7) is 0. The highest BCUT2D eigenvalue weighted by Crippen LogP contribution is 2.16. The van der Waals surface area contributed by atoms with Crippen molar-refractivity contribution in [3.05, 3.63) is 32.8 Å². The molecule has 5 nitrogen and oxygen atoms in total. The highest BCUT2D eigenvalue weighted by atomic mass is 79.9. The van der Waals surface area contributed by atoms with Crippen LogP contribution in [0.2, 0.25) is 0 Å². The number of nitro groups is 1. The molecule has 7 heteroatoms. The fraction of sp³-hybridized carbons (Fsp3) is 0. The molecule has 12 heavy (non-hydrogen) atoms. The molecule has 1 aromatic heterocycles. The number of anilines is 1. The van der Waals surface area contributed by atoms with Gasteiger partial charge in [-0.3, -0.25) is 0 Å². The van der Waals surface area contributed by atoms with E-state index in [1.54, 1.807) is 5.43 Å². The Morgan fingerprint density at radius 1 is 1.75 bits per heavy atom. The first-order valence-corrected chi connectivity index (χ1v) is 3.61. The van der Waals surface area contributed by atoms with Crippen molar-refractivity contribution in [2.75, 3.05) is 5.43 Å². The Balaban J connectivity index is 2.97. The number of hydrazine groups is 1. The predicted octanol–water partition coefficient (Wildman–Crippen LogP) is 1.59. The van der Waals surface area contributed by atoms with Gasteiger partial charge in [0, 0.05) is 6.07 Å². The van der Waals surface area contributed by atoms with Gasteiger partial charge < -0.3 is 0 Å². The number of halogens is 2. The maximum absolute atomic E-state index is 12.7. The molecule has 0 unspecified atom stereocenters. The van der Waals surface area contributed by atoms with Crippen LogP contribution >= 0.6 is 15.9 Å². The van der Waals surface area contributed by atoms with Gasteiger partial charge in [-0.2, -0.15) is 0 Å². The average molecular weight is 236 g/mol. The number of nitrogens with zero attached hydrogens (tertiary/aromatic N) is 2. The van der Waals surface area contributed by atoms with Crippen molar-refractivity contribution < 1.29 is 9.42 Å². The molecule has 0 saturated heterocycles. The smallest absolute Gasteiger partial charge is 0.170 e. The summed E-state index contributed by atoms with van der Waals surface area (Å²) in [5, 5.41) is 9.08. The molecule has 64 valence electrons. The van der Waals surface area contributed by atoms with Crippen LogP contribution in [0, 0.1) is 15.9 Å². The topological polar surface area (TPSA) is 68.1 Å². The summed E-state index contributed by atoms with van der Waals surface area (Å²) < 4.78 is 13.0. The molecule has 0 aliphatic heterocycles. The van der Waals surface area contributed by atoms with Gasteiger partial charge in [0.1, 0.15) is 10.3 Å². The third-order valence-electron chi connectivity index (χ3n) is 1.03. The summed E-state index contributed by atoms with van der Waals surface area (Å²) in [6.07, 6.45) is 0.885. The zero-order valence-electron chi connectivity index (χ0n) is 5.62. The third-order valence-corrected chi connectivity index (χ3v) is 1.47. The summed E-state index contributed by atoms with van der Waals surface area (Å²) in [4.78, 5) is 13.5. The van der Waals surface area contributed by atoms with Crippen molar-refractivity contribution in [3.63, 3.8) is 0 Å². The lowest BCUT2D eigenvalue weighted by Crippen LogP contribution is -2.09. The standard InChI is InChI=1S/C5H3BrFN3O2/c6-5-1-4(9-10(11)12)3(7)2-8-5/h1-2H,(H,8,9). The highest BCUT2D eigenvalue weighted by Gasteiger charge is 2.07. The monoisotopic (exact) mass is 235 g/mol. The first-order valence-electron chi connectivity index (χ1n) is 2.81. The van der Waals surface area contributed by atoms with Crippen LogP contribution in [0.15, 0.2) is 16.9 Å². The van der Waals surface area contributed by atoms with Gasteiger partial charge >= 0.3 is 0 Å². The Hall–Kier alpha value is -1.24. The quantitative estimate of drug-likeness (QED) is 0.480. The fourth-order valence-corrected chi connectivity index (χ4v) is 0.929. The van der Waals surface area contributed by atoms with Gasteiger partial charge in [0.2, 0.25) is 0 Å². The van der Waals surface area contributed by atoms with E-state index < -0.39 is 10.8 Å². The van der Waals surface area contributed by atoms with E-state index in [-0.39, 0.29) is 5.69 Å². The molecule has 0 amide bonds.